The van der Waals surface area contributed by atoms with Gasteiger partial charge >= 0.3 is 11.9 Å². The average molecular weight is 687 g/mol. The predicted octanol–water partition coefficient (Wildman–Crippen LogP) is 9.79. The van der Waals surface area contributed by atoms with Crippen LogP contribution in [-0.2, 0) is 16.0 Å². The van der Waals surface area contributed by atoms with Crippen molar-refractivity contribution in [3.8, 4) is 28.6 Å². The maximum Gasteiger partial charge on any atom is 0.346 e. The molecule has 0 bridgehead atoms. The van der Waals surface area contributed by atoms with Crippen LogP contribution in [0, 0.1) is 17.9 Å². The summed E-state index contributed by atoms with van der Waals surface area (Å²) in [6.45, 7) is 7.26. The van der Waals surface area contributed by atoms with E-state index in [4.69, 9.17) is 6.57 Å². The van der Waals surface area contributed by atoms with Gasteiger partial charge in [0.25, 0.3) is 5.70 Å². The van der Waals surface area contributed by atoms with Crippen LogP contribution in [-0.4, -0.2) is 31.3 Å². The highest BCUT2D eigenvalue weighted by Crippen LogP contribution is 2.42. The Morgan fingerprint density at radius 1 is 0.623 bits per heavy atom. The maximum atomic E-state index is 11.5. The van der Waals surface area contributed by atoms with Gasteiger partial charge in [0, 0.05) is 32.9 Å². The van der Waals surface area contributed by atoms with Crippen molar-refractivity contribution in [2.45, 2.75) is 6.42 Å². The number of benzene rings is 6. The van der Waals surface area contributed by atoms with Gasteiger partial charge in [-0.25, -0.2) is 9.64 Å². The molecule has 0 aliphatic heterocycles. The Morgan fingerprint density at radius 2 is 1.11 bits per heavy atom. The van der Waals surface area contributed by atoms with Crippen molar-refractivity contribution in [1.29, 1.82) is 5.26 Å². The minimum Gasteiger partial charge on any atom is -0.486 e. The van der Waals surface area contributed by atoms with E-state index < -0.39 is 11.9 Å². The van der Waals surface area contributed by atoms with E-state index >= 15 is 0 Å². The fourth-order valence-electron chi connectivity index (χ4n) is 7.79. The van der Waals surface area contributed by atoms with E-state index in [-0.39, 0.29) is 11.3 Å². The second-order valence-electron chi connectivity index (χ2n) is 13.0. The van der Waals surface area contributed by atoms with Gasteiger partial charge in [-0.2, -0.15) is 5.26 Å². The third kappa shape index (κ3) is 4.97. The molecule has 0 saturated heterocycles. The third-order valence-electron chi connectivity index (χ3n) is 10.1. The standard InChI is InChI=1S/C45H26N4O4/c1-47-39(45(52)53)21-27-11-17-43-38(20-27)36-7-3-5-9-41(36)49(43)32-13-15-34-29(24-32)22-28-23-31(12-14-33(28)34)48-40-8-4-2-6-35(40)37-19-26(10-16-42(37)48)18-30(25-46)44(50)51/h2-21,23-24H,22H2,(H,50,51)(H,52,53). The second kappa shape index (κ2) is 12.0. The van der Waals surface area contributed by atoms with Crippen LogP contribution in [0.5, 0.6) is 0 Å². The van der Waals surface area contributed by atoms with Crippen LogP contribution in [0.15, 0.2) is 133 Å². The van der Waals surface area contributed by atoms with Crippen molar-refractivity contribution in [3.63, 3.8) is 0 Å². The summed E-state index contributed by atoms with van der Waals surface area (Å²) in [5, 5.41) is 32.1. The molecule has 9 rings (SSSR count). The van der Waals surface area contributed by atoms with Crippen LogP contribution in [0.2, 0.25) is 0 Å². The van der Waals surface area contributed by atoms with E-state index in [1.54, 1.807) is 6.07 Å². The van der Waals surface area contributed by atoms with Crippen LogP contribution >= 0.6 is 0 Å². The zero-order chi connectivity index (χ0) is 36.4. The van der Waals surface area contributed by atoms with Gasteiger partial charge in [0.15, 0.2) is 0 Å². The van der Waals surface area contributed by atoms with E-state index in [2.05, 4.69) is 74.6 Å². The monoisotopic (exact) mass is 686 g/mol. The Bertz CT molecular complexity index is 2860. The van der Waals surface area contributed by atoms with Gasteiger partial charge in [-0.15, -0.1) is 0 Å². The van der Waals surface area contributed by atoms with Gasteiger partial charge in [0.1, 0.15) is 11.6 Å². The largest absolute Gasteiger partial charge is 0.486 e. The number of hydrogen-bond acceptors (Lipinski definition) is 3. The number of nitriles is 1. The first-order valence-electron chi connectivity index (χ1n) is 16.8. The topological polar surface area (TPSA) is 113 Å². The molecule has 2 aromatic heterocycles. The molecule has 8 heteroatoms. The average Bonchev–Trinajstić information content (AvgIpc) is 3.82. The van der Waals surface area contributed by atoms with Gasteiger partial charge < -0.3 is 19.3 Å². The van der Waals surface area contributed by atoms with Crippen molar-refractivity contribution < 1.29 is 19.8 Å². The number of aromatic nitrogens is 2. The highest BCUT2D eigenvalue weighted by molar-refractivity contribution is 6.11. The van der Waals surface area contributed by atoms with Crippen molar-refractivity contribution in [2.75, 3.05) is 0 Å². The Hall–Kier alpha value is -7.68. The fourth-order valence-corrected chi connectivity index (χ4v) is 7.79. The van der Waals surface area contributed by atoms with Crippen LogP contribution in [0.25, 0.3) is 83.1 Å². The Morgan fingerprint density at radius 3 is 1.58 bits per heavy atom. The second-order valence-corrected chi connectivity index (χ2v) is 13.0. The van der Waals surface area contributed by atoms with E-state index in [9.17, 15) is 25.1 Å². The summed E-state index contributed by atoms with van der Waals surface area (Å²) in [4.78, 5) is 26.2. The van der Waals surface area contributed by atoms with Gasteiger partial charge in [0.05, 0.1) is 28.6 Å². The van der Waals surface area contributed by atoms with E-state index in [0.717, 1.165) is 61.4 Å². The molecule has 0 unspecified atom stereocenters. The molecule has 0 atom stereocenters. The molecule has 2 N–H and O–H groups in total. The summed E-state index contributed by atoms with van der Waals surface area (Å²) >= 11 is 0. The fraction of sp³-hybridized carbons (Fsp3) is 0.0222. The minimum atomic E-state index is -1.26. The first-order chi connectivity index (χ1) is 25.8. The number of para-hydroxylation sites is 2. The number of aliphatic carboxylic acids is 2. The number of carboxylic acid groups (broad SMARTS) is 2. The van der Waals surface area contributed by atoms with Crippen LogP contribution in [0.3, 0.4) is 0 Å². The lowest BCUT2D eigenvalue weighted by Crippen LogP contribution is -1.97. The highest BCUT2D eigenvalue weighted by atomic mass is 16.4. The number of hydrogen-bond donors (Lipinski definition) is 2. The van der Waals surface area contributed by atoms with Crippen LogP contribution < -0.4 is 0 Å². The number of fused-ring (bicyclic) bond motifs is 9. The summed E-state index contributed by atoms with van der Waals surface area (Å²) in [5.41, 5.74) is 11.5. The lowest BCUT2D eigenvalue weighted by molar-refractivity contribution is -0.133. The molecular formula is C45H26N4O4. The number of carboxylic acids is 2. The van der Waals surface area contributed by atoms with Crippen molar-refractivity contribution in [1.82, 2.24) is 9.13 Å². The molecule has 8 nitrogen and oxygen atoms in total. The molecule has 0 radical (unpaired) electrons. The number of rotatable bonds is 6. The molecule has 2 heterocycles. The quantitative estimate of drug-likeness (QED) is 0.103. The lowest BCUT2D eigenvalue weighted by atomic mass is 10.0. The van der Waals surface area contributed by atoms with Gasteiger partial charge in [-0.05, 0) is 113 Å². The highest BCUT2D eigenvalue weighted by Gasteiger charge is 2.22. The van der Waals surface area contributed by atoms with E-state index in [1.807, 2.05) is 60.7 Å². The molecule has 0 saturated carbocycles. The van der Waals surface area contributed by atoms with Crippen LogP contribution in [0.1, 0.15) is 22.3 Å². The molecule has 0 fully saturated rings. The van der Waals surface area contributed by atoms with Gasteiger partial charge in [-0.3, -0.25) is 4.79 Å². The SMILES string of the molecule is [C-]#[N+]C(=Cc1ccc2c(c1)c1ccccc1n2-c1ccc2c(c1)Cc1cc(-n3c4ccccc4c4cc(C=C(C#N)C(=O)O)ccc43)ccc1-2)C(=O)O. The van der Waals surface area contributed by atoms with E-state index in [1.165, 1.54) is 34.4 Å². The third-order valence-corrected chi connectivity index (χ3v) is 10.1. The zero-order valence-corrected chi connectivity index (χ0v) is 27.9. The molecule has 6 aromatic carbocycles. The van der Waals surface area contributed by atoms with Crippen molar-refractivity contribution >= 4 is 67.7 Å². The molecule has 1 aliphatic rings. The summed E-state index contributed by atoms with van der Waals surface area (Å²) in [6.07, 6.45) is 3.56. The number of carbonyl (C=O) groups is 2. The molecule has 0 spiro atoms. The first kappa shape index (κ1) is 31.3. The Kier molecular flexibility index (Phi) is 7.08. The van der Waals surface area contributed by atoms with Crippen LogP contribution in [0.4, 0.5) is 0 Å². The summed E-state index contributed by atoms with van der Waals surface area (Å²) < 4.78 is 4.46. The maximum absolute atomic E-state index is 11.5. The molecule has 8 aromatic rings. The van der Waals surface area contributed by atoms with E-state index in [0.29, 0.717) is 11.1 Å². The van der Waals surface area contributed by atoms with Crippen molar-refractivity contribution in [2.24, 2.45) is 0 Å². The predicted molar refractivity (Wildman–Crippen MR) is 207 cm³/mol. The number of nitrogens with zero attached hydrogens (tertiary/aromatic N) is 4. The molecule has 250 valence electrons. The Labute approximate surface area is 302 Å². The molecular weight excluding hydrogens is 661 g/mol. The summed E-state index contributed by atoms with van der Waals surface area (Å²) in [6, 6.07) is 42.7. The molecule has 0 amide bonds. The molecule has 1 aliphatic carbocycles. The van der Waals surface area contributed by atoms with Gasteiger partial charge in [-0.1, -0.05) is 60.7 Å². The normalized spacial score (nSPS) is 12.6. The zero-order valence-electron chi connectivity index (χ0n) is 27.9. The Balaban J connectivity index is 1.12. The van der Waals surface area contributed by atoms with Gasteiger partial charge in [0.2, 0.25) is 0 Å². The lowest BCUT2D eigenvalue weighted by Gasteiger charge is -2.11. The minimum absolute atomic E-state index is 0.317. The van der Waals surface area contributed by atoms with Crippen molar-refractivity contribution in [3.05, 3.63) is 166 Å². The summed E-state index contributed by atoms with van der Waals surface area (Å²) in [7, 11) is 0. The molecule has 53 heavy (non-hydrogen) atoms. The summed E-state index contributed by atoms with van der Waals surface area (Å²) in [5.74, 6) is -2.50. The first-order valence-corrected chi connectivity index (χ1v) is 16.8. The smallest absolute Gasteiger partial charge is 0.346 e.